The van der Waals surface area contributed by atoms with Crippen molar-refractivity contribution in [1.82, 2.24) is 20.3 Å². The highest BCUT2D eigenvalue weighted by Crippen LogP contribution is 2.21. The second kappa shape index (κ2) is 6.99. The van der Waals surface area contributed by atoms with Gasteiger partial charge in [0.25, 0.3) is 5.91 Å². The Kier molecular flexibility index (Phi) is 4.39. The molecule has 8 nitrogen and oxygen atoms in total. The molecule has 1 amide bonds. The van der Waals surface area contributed by atoms with Gasteiger partial charge >= 0.3 is 6.01 Å². The van der Waals surface area contributed by atoms with E-state index in [1.165, 1.54) is 0 Å². The van der Waals surface area contributed by atoms with Crippen LogP contribution < -0.4 is 4.90 Å². The van der Waals surface area contributed by atoms with Gasteiger partial charge in [-0.1, -0.05) is 47.5 Å². The molecule has 1 saturated heterocycles. The van der Waals surface area contributed by atoms with Crippen molar-refractivity contribution in [3.8, 4) is 11.3 Å². The number of carbonyl (C=O) groups excluding carboxylic acids is 1. The van der Waals surface area contributed by atoms with Crippen LogP contribution >= 0.6 is 0 Å². The highest BCUT2D eigenvalue weighted by atomic mass is 16.5. The Morgan fingerprint density at radius 2 is 1.88 bits per heavy atom. The molecule has 8 heteroatoms. The van der Waals surface area contributed by atoms with E-state index in [2.05, 4.69) is 15.4 Å². The summed E-state index contributed by atoms with van der Waals surface area (Å²) in [5, 5.41) is 12.0. The molecule has 0 N–H and O–H groups in total. The molecule has 3 aromatic rings. The SMILES string of the molecule is CCc1nnc(N2CCN(C(=O)c3cc(-c4ccccc4)on3)CC2)o1. The molecule has 0 unspecified atom stereocenters. The van der Waals surface area contributed by atoms with Crippen LogP contribution in [0.5, 0.6) is 0 Å². The van der Waals surface area contributed by atoms with Gasteiger partial charge in [-0.2, -0.15) is 0 Å². The molecule has 2 aromatic heterocycles. The monoisotopic (exact) mass is 353 g/mol. The minimum Gasteiger partial charge on any atom is -0.408 e. The quantitative estimate of drug-likeness (QED) is 0.711. The average molecular weight is 353 g/mol. The van der Waals surface area contributed by atoms with Gasteiger partial charge in [0, 0.05) is 44.2 Å². The van der Waals surface area contributed by atoms with E-state index >= 15 is 0 Å². The number of nitrogens with zero attached hydrogens (tertiary/aromatic N) is 5. The second-order valence-electron chi connectivity index (χ2n) is 6.05. The molecule has 0 spiro atoms. The lowest BCUT2D eigenvalue weighted by Crippen LogP contribution is -2.49. The van der Waals surface area contributed by atoms with E-state index in [-0.39, 0.29) is 5.91 Å². The van der Waals surface area contributed by atoms with Crippen LogP contribution in [0.2, 0.25) is 0 Å². The fourth-order valence-corrected chi connectivity index (χ4v) is 2.89. The summed E-state index contributed by atoms with van der Waals surface area (Å²) in [6, 6.07) is 11.8. The summed E-state index contributed by atoms with van der Waals surface area (Å²) in [5.41, 5.74) is 1.22. The van der Waals surface area contributed by atoms with Crippen molar-refractivity contribution in [2.75, 3.05) is 31.1 Å². The Bertz CT molecular complexity index is 881. The molecule has 0 radical (unpaired) electrons. The molecule has 1 fully saturated rings. The summed E-state index contributed by atoms with van der Waals surface area (Å²) in [6.45, 7) is 4.38. The second-order valence-corrected chi connectivity index (χ2v) is 6.05. The van der Waals surface area contributed by atoms with Gasteiger partial charge in [-0.05, 0) is 0 Å². The lowest BCUT2D eigenvalue weighted by molar-refractivity contribution is 0.0734. The number of amides is 1. The third-order valence-corrected chi connectivity index (χ3v) is 4.38. The molecule has 0 bridgehead atoms. The van der Waals surface area contributed by atoms with Gasteiger partial charge in [-0.25, -0.2) is 0 Å². The largest absolute Gasteiger partial charge is 0.408 e. The standard InChI is InChI=1S/C18H19N5O3/c1-2-16-19-20-18(25-16)23-10-8-22(9-11-23)17(24)14-12-15(26-21-14)13-6-4-3-5-7-13/h3-7,12H,2,8-11H2,1H3. The smallest absolute Gasteiger partial charge is 0.318 e. The van der Waals surface area contributed by atoms with Gasteiger partial charge in [0.1, 0.15) is 0 Å². The molecular weight excluding hydrogens is 334 g/mol. The van der Waals surface area contributed by atoms with Crippen LogP contribution in [-0.4, -0.2) is 52.3 Å². The van der Waals surface area contributed by atoms with Gasteiger partial charge in [0.2, 0.25) is 5.89 Å². The van der Waals surface area contributed by atoms with E-state index in [0.717, 1.165) is 5.56 Å². The molecule has 1 aliphatic heterocycles. The van der Waals surface area contributed by atoms with Crippen molar-refractivity contribution in [1.29, 1.82) is 0 Å². The predicted molar refractivity (Wildman–Crippen MR) is 93.7 cm³/mol. The third-order valence-electron chi connectivity index (χ3n) is 4.38. The number of piperazine rings is 1. The van der Waals surface area contributed by atoms with Crippen molar-refractivity contribution in [3.63, 3.8) is 0 Å². The van der Waals surface area contributed by atoms with Crippen molar-refractivity contribution in [2.45, 2.75) is 13.3 Å². The maximum absolute atomic E-state index is 12.7. The number of benzene rings is 1. The molecular formula is C18H19N5O3. The molecule has 1 aliphatic rings. The summed E-state index contributed by atoms with van der Waals surface area (Å²) in [4.78, 5) is 16.4. The number of hydrogen-bond donors (Lipinski definition) is 0. The van der Waals surface area contributed by atoms with Crippen molar-refractivity contribution in [3.05, 3.63) is 48.0 Å². The van der Waals surface area contributed by atoms with Crippen molar-refractivity contribution in [2.24, 2.45) is 0 Å². The van der Waals surface area contributed by atoms with E-state index in [9.17, 15) is 4.79 Å². The first-order valence-corrected chi connectivity index (χ1v) is 8.63. The minimum atomic E-state index is -0.129. The first-order valence-electron chi connectivity index (χ1n) is 8.63. The fourth-order valence-electron chi connectivity index (χ4n) is 2.89. The van der Waals surface area contributed by atoms with Crippen molar-refractivity contribution < 1.29 is 13.7 Å². The van der Waals surface area contributed by atoms with Gasteiger partial charge in [0.15, 0.2) is 11.5 Å². The van der Waals surface area contributed by atoms with Crippen LogP contribution in [0, 0.1) is 0 Å². The maximum Gasteiger partial charge on any atom is 0.318 e. The summed E-state index contributed by atoms with van der Waals surface area (Å²) in [7, 11) is 0. The Morgan fingerprint density at radius 1 is 1.12 bits per heavy atom. The number of hydrogen-bond acceptors (Lipinski definition) is 7. The summed E-state index contributed by atoms with van der Waals surface area (Å²) in [5.74, 6) is 1.08. The molecule has 0 atom stereocenters. The fraction of sp³-hybridized carbons (Fsp3) is 0.333. The van der Waals surface area contributed by atoms with Gasteiger partial charge < -0.3 is 18.7 Å². The molecule has 0 aliphatic carbocycles. The first-order chi connectivity index (χ1) is 12.7. The Morgan fingerprint density at radius 3 is 2.58 bits per heavy atom. The molecule has 0 saturated carbocycles. The lowest BCUT2D eigenvalue weighted by atomic mass is 10.1. The number of anilines is 1. The average Bonchev–Trinajstić information content (AvgIpc) is 3.38. The van der Waals surface area contributed by atoms with Gasteiger partial charge in [-0.3, -0.25) is 4.79 Å². The van der Waals surface area contributed by atoms with Crippen LogP contribution in [0.25, 0.3) is 11.3 Å². The minimum absolute atomic E-state index is 0.129. The van der Waals surface area contributed by atoms with E-state index in [1.54, 1.807) is 11.0 Å². The topological polar surface area (TPSA) is 88.5 Å². The third kappa shape index (κ3) is 3.17. The van der Waals surface area contributed by atoms with Gasteiger partial charge in [-0.15, -0.1) is 5.10 Å². The Labute approximate surface area is 150 Å². The molecule has 4 rings (SSSR count). The highest BCUT2D eigenvalue weighted by molar-refractivity contribution is 5.93. The normalized spacial score (nSPS) is 14.7. The van der Waals surface area contributed by atoms with Crippen molar-refractivity contribution >= 4 is 11.9 Å². The number of carbonyl (C=O) groups is 1. The van der Waals surface area contributed by atoms with Gasteiger partial charge in [0.05, 0.1) is 0 Å². The zero-order chi connectivity index (χ0) is 17.9. The van der Waals surface area contributed by atoms with Crippen LogP contribution in [-0.2, 0) is 6.42 Å². The molecule has 26 heavy (non-hydrogen) atoms. The lowest BCUT2D eigenvalue weighted by Gasteiger charge is -2.33. The number of aromatic nitrogens is 3. The van der Waals surface area contributed by atoms with Crippen LogP contribution in [0.1, 0.15) is 23.3 Å². The highest BCUT2D eigenvalue weighted by Gasteiger charge is 2.26. The van der Waals surface area contributed by atoms with Crippen LogP contribution in [0.4, 0.5) is 6.01 Å². The maximum atomic E-state index is 12.7. The molecule has 3 heterocycles. The Balaban J connectivity index is 1.40. The zero-order valence-corrected chi connectivity index (χ0v) is 14.5. The van der Waals surface area contributed by atoms with E-state index < -0.39 is 0 Å². The van der Waals surface area contributed by atoms with E-state index in [4.69, 9.17) is 8.94 Å². The number of aryl methyl sites for hydroxylation is 1. The summed E-state index contributed by atoms with van der Waals surface area (Å²) in [6.07, 6.45) is 0.710. The molecule has 1 aromatic carbocycles. The zero-order valence-electron chi connectivity index (χ0n) is 14.5. The molecule has 134 valence electrons. The number of rotatable bonds is 4. The van der Waals surface area contributed by atoms with E-state index in [0.29, 0.717) is 56.0 Å². The summed E-state index contributed by atoms with van der Waals surface area (Å²) < 4.78 is 10.9. The van der Waals surface area contributed by atoms with Crippen LogP contribution in [0.15, 0.2) is 45.3 Å². The summed E-state index contributed by atoms with van der Waals surface area (Å²) >= 11 is 0. The first kappa shape index (κ1) is 16.3. The Hall–Kier alpha value is -3.16. The van der Waals surface area contributed by atoms with E-state index in [1.807, 2.05) is 42.2 Å². The van der Waals surface area contributed by atoms with Crippen LogP contribution in [0.3, 0.4) is 0 Å². The predicted octanol–water partition coefficient (Wildman–Crippen LogP) is 2.25.